The van der Waals surface area contributed by atoms with Crippen LogP contribution in [-0.2, 0) is 25.7 Å². The second-order valence-electron chi connectivity index (χ2n) is 19.8. The van der Waals surface area contributed by atoms with Gasteiger partial charge in [-0.3, -0.25) is 9.59 Å². The summed E-state index contributed by atoms with van der Waals surface area (Å²) in [5.41, 5.74) is 19.5. The molecular formula is C71H62O9. The minimum absolute atomic E-state index is 0.0944. The SMILES string of the molecule is COc1ccc(C2=C(c3ccccc3)c3cc(OC)ccc3C2)cc1.COc1ccc(C2Cc3ccc(OC)cc3C2=O)cc1.COc1ccc2c(c1)C(=O)CC2.Oc1ccc(C2=C(c3ccccc3)c3cc(O)ccc3C2)cc1. The van der Waals surface area contributed by atoms with E-state index in [1.165, 1.54) is 44.5 Å². The number of ketones is 2. The topological polar surface area (TPSA) is 121 Å². The van der Waals surface area contributed by atoms with Crippen molar-refractivity contribution < 1.29 is 43.5 Å². The van der Waals surface area contributed by atoms with Crippen LogP contribution in [0.2, 0.25) is 0 Å². The van der Waals surface area contributed by atoms with Gasteiger partial charge in [0.25, 0.3) is 0 Å². The normalized spacial score (nSPS) is 14.2. The summed E-state index contributed by atoms with van der Waals surface area (Å²) in [4.78, 5) is 23.8. The van der Waals surface area contributed by atoms with Crippen molar-refractivity contribution in [3.63, 3.8) is 0 Å². The van der Waals surface area contributed by atoms with Crippen LogP contribution in [0.5, 0.6) is 40.2 Å². The number of methoxy groups -OCH3 is 5. The van der Waals surface area contributed by atoms with E-state index in [9.17, 15) is 19.8 Å². The van der Waals surface area contributed by atoms with Crippen molar-refractivity contribution in [3.8, 4) is 40.2 Å². The van der Waals surface area contributed by atoms with Gasteiger partial charge in [0.1, 0.15) is 40.2 Å². The molecule has 2 N–H and O–H groups in total. The fourth-order valence-electron chi connectivity index (χ4n) is 11.0. The lowest BCUT2D eigenvalue weighted by molar-refractivity contribution is 0.0970. The fraction of sp³-hybridized carbons (Fsp3) is 0.155. The number of ether oxygens (including phenoxy) is 5. The van der Waals surface area contributed by atoms with E-state index in [4.69, 9.17) is 23.7 Å². The zero-order valence-corrected chi connectivity index (χ0v) is 45.5. The molecule has 80 heavy (non-hydrogen) atoms. The van der Waals surface area contributed by atoms with E-state index in [1.807, 2.05) is 121 Å². The molecule has 400 valence electrons. The van der Waals surface area contributed by atoms with Crippen molar-refractivity contribution in [3.05, 3.63) is 279 Å². The minimum Gasteiger partial charge on any atom is -0.508 e. The van der Waals surface area contributed by atoms with Crippen LogP contribution >= 0.6 is 0 Å². The molecule has 0 aliphatic heterocycles. The summed E-state index contributed by atoms with van der Waals surface area (Å²) >= 11 is 0. The minimum atomic E-state index is -0.0944. The highest BCUT2D eigenvalue weighted by Crippen LogP contribution is 2.45. The number of aromatic hydroxyl groups is 2. The van der Waals surface area contributed by atoms with Crippen molar-refractivity contribution in [1.82, 2.24) is 0 Å². The van der Waals surface area contributed by atoms with Crippen molar-refractivity contribution in [1.29, 1.82) is 0 Å². The first kappa shape index (κ1) is 53.8. The van der Waals surface area contributed by atoms with Gasteiger partial charge in [-0.05, 0) is 194 Å². The largest absolute Gasteiger partial charge is 0.508 e. The van der Waals surface area contributed by atoms with E-state index < -0.39 is 0 Å². The Hall–Kier alpha value is -9.60. The van der Waals surface area contributed by atoms with Crippen LogP contribution in [0.3, 0.4) is 0 Å². The molecule has 9 aromatic carbocycles. The van der Waals surface area contributed by atoms with Crippen molar-refractivity contribution >= 4 is 33.9 Å². The van der Waals surface area contributed by atoms with E-state index in [-0.39, 0.29) is 29.0 Å². The molecule has 0 aromatic heterocycles. The van der Waals surface area contributed by atoms with Crippen molar-refractivity contribution in [2.24, 2.45) is 0 Å². The standard InChI is InChI=1S/C23H20O2.C21H16O2.C17H16O3.C10H10O2/c1-24-19-11-8-16(9-12-19)21-14-18-10-13-20(25-2)15-22(18)23(21)17-6-4-3-5-7-17;22-17-9-6-14(7-10-17)19-12-16-8-11-18(23)13-20(16)21(19)15-4-2-1-3-5-15;1-19-13-6-3-11(4-7-13)15-9-12-5-8-14(20-2)10-16(12)17(15)18;1-12-8-4-2-7-3-5-10(11)9(7)6-8/h3-13,15H,14H2,1-2H3;1-11,13,22-23H,12H2;3-8,10,15H,9H2,1-2H3;2,4,6H,3,5H2,1H3. The van der Waals surface area contributed by atoms with E-state index in [1.54, 1.807) is 53.7 Å². The first-order chi connectivity index (χ1) is 39.0. The number of hydrogen-bond donors (Lipinski definition) is 2. The molecule has 1 unspecified atom stereocenters. The van der Waals surface area contributed by atoms with Gasteiger partial charge in [-0.1, -0.05) is 121 Å². The summed E-state index contributed by atoms with van der Waals surface area (Å²) < 4.78 is 26.1. The number of allylic oxidation sites excluding steroid dienone is 2. The fourth-order valence-corrected chi connectivity index (χ4v) is 11.0. The lowest BCUT2D eigenvalue weighted by Gasteiger charge is -2.11. The van der Waals surface area contributed by atoms with Gasteiger partial charge in [0, 0.05) is 17.5 Å². The van der Waals surface area contributed by atoms with Gasteiger partial charge >= 0.3 is 0 Å². The van der Waals surface area contributed by atoms with E-state index in [2.05, 4.69) is 66.7 Å². The molecule has 1 atom stereocenters. The Morgan fingerprint density at radius 3 is 1.30 bits per heavy atom. The number of aryl methyl sites for hydroxylation is 1. The monoisotopic (exact) mass is 1060 g/mol. The number of Topliss-reactive ketones (excluding diaryl/α,β-unsaturated/α-hetero) is 2. The number of benzene rings is 9. The average Bonchev–Trinajstić information content (AvgIpc) is 4.32. The van der Waals surface area contributed by atoms with E-state index in [0.29, 0.717) is 6.42 Å². The lowest BCUT2D eigenvalue weighted by atomic mass is 9.94. The molecule has 0 saturated carbocycles. The molecule has 4 aliphatic rings. The summed E-state index contributed by atoms with van der Waals surface area (Å²) in [5.74, 6) is 4.93. The number of rotatable bonds is 10. The molecule has 0 bridgehead atoms. The highest BCUT2D eigenvalue weighted by molar-refractivity contribution is 6.06. The molecule has 0 radical (unpaired) electrons. The van der Waals surface area contributed by atoms with Gasteiger partial charge in [0.05, 0.1) is 41.5 Å². The predicted octanol–water partition coefficient (Wildman–Crippen LogP) is 14.9. The molecule has 0 saturated heterocycles. The summed E-state index contributed by atoms with van der Waals surface area (Å²) in [6.07, 6.45) is 4.05. The third-order valence-corrected chi connectivity index (χ3v) is 15.1. The molecule has 13 rings (SSSR count). The molecule has 9 heteroatoms. The van der Waals surface area contributed by atoms with Gasteiger partial charge in [-0.25, -0.2) is 0 Å². The Labute approximate surface area is 467 Å². The Morgan fingerprint density at radius 1 is 0.362 bits per heavy atom. The molecule has 0 spiro atoms. The van der Waals surface area contributed by atoms with Gasteiger partial charge in [0.2, 0.25) is 0 Å². The van der Waals surface area contributed by atoms with Crippen LogP contribution in [0.25, 0.3) is 22.3 Å². The Bertz CT molecular complexity index is 3750. The number of carbonyl (C=O) groups excluding carboxylic acids is 2. The van der Waals surface area contributed by atoms with Gasteiger partial charge in [-0.2, -0.15) is 0 Å². The summed E-state index contributed by atoms with van der Waals surface area (Å²) in [6.45, 7) is 0. The molecule has 0 heterocycles. The number of carbonyl (C=O) groups is 2. The first-order valence-electron chi connectivity index (χ1n) is 26.6. The molecule has 0 fully saturated rings. The number of phenols is 2. The quantitative estimate of drug-likeness (QED) is 0.138. The average molecular weight is 1060 g/mol. The maximum atomic E-state index is 12.5. The van der Waals surface area contributed by atoms with Crippen LogP contribution in [0.1, 0.15) is 94.3 Å². The maximum Gasteiger partial charge on any atom is 0.171 e. The molecule has 9 aromatic rings. The third-order valence-electron chi connectivity index (χ3n) is 15.1. The second kappa shape index (κ2) is 24.4. The highest BCUT2D eigenvalue weighted by Gasteiger charge is 2.32. The second-order valence-corrected chi connectivity index (χ2v) is 19.8. The van der Waals surface area contributed by atoms with Gasteiger partial charge in [0.15, 0.2) is 11.6 Å². The van der Waals surface area contributed by atoms with Crippen LogP contribution in [-0.4, -0.2) is 57.3 Å². The summed E-state index contributed by atoms with van der Waals surface area (Å²) in [7, 11) is 8.27. The van der Waals surface area contributed by atoms with Crippen LogP contribution in [0, 0.1) is 0 Å². The van der Waals surface area contributed by atoms with E-state index >= 15 is 0 Å². The Balaban J connectivity index is 0.000000123. The third kappa shape index (κ3) is 11.6. The smallest absolute Gasteiger partial charge is 0.171 e. The predicted molar refractivity (Wildman–Crippen MR) is 317 cm³/mol. The first-order valence-corrected chi connectivity index (χ1v) is 26.6. The Morgan fingerprint density at radius 2 is 0.775 bits per heavy atom. The zero-order chi connectivity index (χ0) is 55.7. The lowest BCUT2D eigenvalue weighted by Crippen LogP contribution is -2.06. The number of phenolic OH excluding ortho intramolecular Hbond substituents is 2. The summed E-state index contributed by atoms with van der Waals surface area (Å²) in [6, 6.07) is 67.5. The van der Waals surface area contributed by atoms with Crippen LogP contribution in [0.4, 0.5) is 0 Å². The van der Waals surface area contributed by atoms with E-state index in [0.717, 1.165) is 105 Å². The maximum absolute atomic E-state index is 12.5. The molecule has 4 aliphatic carbocycles. The zero-order valence-electron chi connectivity index (χ0n) is 45.5. The van der Waals surface area contributed by atoms with Gasteiger partial charge < -0.3 is 33.9 Å². The van der Waals surface area contributed by atoms with Crippen LogP contribution < -0.4 is 23.7 Å². The molecular weight excluding hydrogens is 997 g/mol. The molecule has 0 amide bonds. The molecule has 9 nitrogen and oxygen atoms in total. The number of hydrogen-bond acceptors (Lipinski definition) is 9. The van der Waals surface area contributed by atoms with Crippen molar-refractivity contribution in [2.75, 3.05) is 35.5 Å². The number of fused-ring (bicyclic) bond motifs is 4. The van der Waals surface area contributed by atoms with Crippen LogP contribution in [0.15, 0.2) is 206 Å². The van der Waals surface area contributed by atoms with Crippen molar-refractivity contribution in [2.45, 2.75) is 38.0 Å². The highest BCUT2D eigenvalue weighted by atomic mass is 16.5. The van der Waals surface area contributed by atoms with Gasteiger partial charge in [-0.15, -0.1) is 0 Å². The summed E-state index contributed by atoms with van der Waals surface area (Å²) in [5, 5.41) is 19.4. The Kier molecular flexibility index (Phi) is 16.4.